The van der Waals surface area contributed by atoms with E-state index in [4.69, 9.17) is 13.7 Å². The lowest BCUT2D eigenvalue weighted by Crippen LogP contribution is -2.41. The molecular formula is C15H20BNO3. The lowest BCUT2D eigenvalue weighted by molar-refractivity contribution is 0.00578. The minimum absolute atomic E-state index is 0.331. The maximum atomic E-state index is 6.05. The van der Waals surface area contributed by atoms with Crippen molar-refractivity contribution in [3.8, 4) is 0 Å². The summed E-state index contributed by atoms with van der Waals surface area (Å²) in [5.41, 5.74) is 1.97. The molecule has 1 aromatic heterocycles. The van der Waals surface area contributed by atoms with E-state index in [1.807, 2.05) is 25.1 Å². The van der Waals surface area contributed by atoms with Crippen molar-refractivity contribution >= 4 is 23.7 Å². The van der Waals surface area contributed by atoms with E-state index in [1.54, 1.807) is 0 Å². The molecule has 106 valence electrons. The van der Waals surface area contributed by atoms with Crippen LogP contribution >= 0.6 is 0 Å². The van der Waals surface area contributed by atoms with Gasteiger partial charge in [-0.1, -0.05) is 13.0 Å². The normalized spacial score (nSPS) is 20.8. The Balaban J connectivity index is 1.95. The van der Waals surface area contributed by atoms with Gasteiger partial charge in [0.25, 0.3) is 0 Å². The summed E-state index contributed by atoms with van der Waals surface area (Å²) in [5.74, 6) is 0.756. The molecule has 1 saturated heterocycles. The zero-order valence-electron chi connectivity index (χ0n) is 12.7. The van der Waals surface area contributed by atoms with Crippen molar-refractivity contribution in [1.82, 2.24) is 4.98 Å². The zero-order chi connectivity index (χ0) is 14.5. The van der Waals surface area contributed by atoms with Crippen LogP contribution in [0.5, 0.6) is 0 Å². The number of oxazole rings is 1. The highest BCUT2D eigenvalue weighted by Crippen LogP contribution is 2.36. The van der Waals surface area contributed by atoms with E-state index in [9.17, 15) is 0 Å². The molecule has 1 aliphatic heterocycles. The summed E-state index contributed by atoms with van der Waals surface area (Å²) in [6.07, 6.45) is 0.792. The molecule has 0 saturated carbocycles. The molecule has 2 aromatic rings. The number of rotatable bonds is 2. The number of aromatic nitrogens is 1. The van der Waals surface area contributed by atoms with Crippen molar-refractivity contribution in [2.45, 2.75) is 52.2 Å². The average Bonchev–Trinajstić information content (AvgIpc) is 2.87. The quantitative estimate of drug-likeness (QED) is 0.789. The van der Waals surface area contributed by atoms with Gasteiger partial charge in [0.2, 0.25) is 0 Å². The fourth-order valence-corrected chi connectivity index (χ4v) is 2.27. The first-order valence-corrected chi connectivity index (χ1v) is 7.07. The molecule has 3 rings (SSSR count). The van der Waals surface area contributed by atoms with Gasteiger partial charge >= 0.3 is 7.12 Å². The lowest BCUT2D eigenvalue weighted by atomic mass is 9.79. The largest absolute Gasteiger partial charge is 0.494 e. The predicted molar refractivity (Wildman–Crippen MR) is 79.1 cm³/mol. The molecule has 0 amide bonds. The highest BCUT2D eigenvalue weighted by molar-refractivity contribution is 6.62. The smallest absolute Gasteiger partial charge is 0.441 e. The Morgan fingerprint density at radius 1 is 1.10 bits per heavy atom. The fraction of sp³-hybridized carbons (Fsp3) is 0.533. The molecule has 0 atom stereocenters. The summed E-state index contributed by atoms with van der Waals surface area (Å²) in [7, 11) is -0.362. The highest BCUT2D eigenvalue weighted by atomic mass is 16.7. The van der Waals surface area contributed by atoms with Crippen LogP contribution in [-0.4, -0.2) is 23.3 Å². The molecule has 2 heterocycles. The Morgan fingerprint density at radius 3 is 2.35 bits per heavy atom. The molecular weight excluding hydrogens is 253 g/mol. The topological polar surface area (TPSA) is 44.5 Å². The second-order valence-corrected chi connectivity index (χ2v) is 6.28. The lowest BCUT2D eigenvalue weighted by Gasteiger charge is -2.32. The Bertz CT molecular complexity index is 632. The van der Waals surface area contributed by atoms with Crippen molar-refractivity contribution in [3.63, 3.8) is 0 Å². The maximum Gasteiger partial charge on any atom is 0.494 e. The zero-order valence-corrected chi connectivity index (χ0v) is 12.7. The van der Waals surface area contributed by atoms with Gasteiger partial charge in [-0.3, -0.25) is 0 Å². The third kappa shape index (κ3) is 2.05. The van der Waals surface area contributed by atoms with Crippen LogP contribution in [0.25, 0.3) is 11.1 Å². The second-order valence-electron chi connectivity index (χ2n) is 6.28. The Labute approximate surface area is 119 Å². The Morgan fingerprint density at radius 2 is 1.75 bits per heavy atom. The first kappa shape index (κ1) is 13.6. The molecule has 1 fully saturated rings. The molecule has 4 nitrogen and oxygen atoms in total. The summed E-state index contributed by atoms with van der Waals surface area (Å²) in [4.78, 5) is 4.41. The van der Waals surface area contributed by atoms with Crippen LogP contribution in [-0.2, 0) is 15.7 Å². The number of fused-ring (bicyclic) bond motifs is 1. The van der Waals surface area contributed by atoms with Gasteiger partial charge in [0.05, 0.1) is 11.2 Å². The van der Waals surface area contributed by atoms with Gasteiger partial charge in [-0.2, -0.15) is 0 Å². The van der Waals surface area contributed by atoms with E-state index in [0.29, 0.717) is 0 Å². The molecule has 1 aromatic carbocycles. The molecule has 5 heteroatoms. The number of aryl methyl sites for hydroxylation is 1. The van der Waals surface area contributed by atoms with E-state index in [1.165, 1.54) is 0 Å². The molecule has 20 heavy (non-hydrogen) atoms. The average molecular weight is 273 g/mol. The Hall–Kier alpha value is -1.33. The van der Waals surface area contributed by atoms with E-state index in [2.05, 4.69) is 32.7 Å². The molecule has 0 bridgehead atoms. The van der Waals surface area contributed by atoms with Crippen molar-refractivity contribution in [1.29, 1.82) is 0 Å². The van der Waals surface area contributed by atoms with Crippen LogP contribution < -0.4 is 5.46 Å². The summed E-state index contributed by atoms with van der Waals surface area (Å²) < 4.78 is 17.8. The van der Waals surface area contributed by atoms with Gasteiger partial charge < -0.3 is 13.7 Å². The van der Waals surface area contributed by atoms with Gasteiger partial charge in [-0.15, -0.1) is 0 Å². The van der Waals surface area contributed by atoms with Crippen molar-refractivity contribution in [3.05, 3.63) is 24.1 Å². The van der Waals surface area contributed by atoms with Crippen LogP contribution in [0.1, 0.15) is 40.5 Å². The minimum atomic E-state index is -0.362. The van der Waals surface area contributed by atoms with Gasteiger partial charge in [0.1, 0.15) is 5.52 Å². The van der Waals surface area contributed by atoms with E-state index in [0.717, 1.165) is 28.9 Å². The summed E-state index contributed by atoms with van der Waals surface area (Å²) in [6.45, 7) is 10.2. The molecule has 0 unspecified atom stereocenters. The van der Waals surface area contributed by atoms with Gasteiger partial charge in [0.15, 0.2) is 11.5 Å². The van der Waals surface area contributed by atoms with Crippen LogP contribution in [0.3, 0.4) is 0 Å². The van der Waals surface area contributed by atoms with Gasteiger partial charge in [-0.25, -0.2) is 4.98 Å². The van der Waals surface area contributed by atoms with E-state index in [-0.39, 0.29) is 18.3 Å². The predicted octanol–water partition coefficient (Wildman–Crippen LogP) is 2.69. The third-order valence-corrected chi connectivity index (χ3v) is 4.28. The van der Waals surface area contributed by atoms with Crippen LogP contribution in [0, 0.1) is 0 Å². The standard InChI is InChI=1S/C15H20BNO3/c1-6-13-17-11-8-7-10(9-12(11)18-13)16-19-14(2,3)15(4,5)20-16/h7-9H,6H2,1-5H3. The molecule has 0 radical (unpaired) electrons. The molecule has 1 aliphatic rings. The maximum absolute atomic E-state index is 6.05. The monoisotopic (exact) mass is 273 g/mol. The van der Waals surface area contributed by atoms with Gasteiger partial charge in [-0.05, 0) is 45.3 Å². The minimum Gasteiger partial charge on any atom is -0.441 e. The van der Waals surface area contributed by atoms with Crippen molar-refractivity contribution < 1.29 is 13.7 Å². The van der Waals surface area contributed by atoms with E-state index < -0.39 is 0 Å². The summed E-state index contributed by atoms with van der Waals surface area (Å²) >= 11 is 0. The summed E-state index contributed by atoms with van der Waals surface area (Å²) in [6, 6.07) is 5.91. The second kappa shape index (κ2) is 4.33. The van der Waals surface area contributed by atoms with Crippen molar-refractivity contribution in [2.24, 2.45) is 0 Å². The first-order valence-electron chi connectivity index (χ1n) is 7.07. The molecule has 0 N–H and O–H groups in total. The number of hydrogen-bond acceptors (Lipinski definition) is 4. The fourth-order valence-electron chi connectivity index (χ4n) is 2.27. The summed E-state index contributed by atoms with van der Waals surface area (Å²) in [5, 5.41) is 0. The molecule has 0 aliphatic carbocycles. The Kier molecular flexibility index (Phi) is 2.96. The van der Waals surface area contributed by atoms with Crippen LogP contribution in [0.2, 0.25) is 0 Å². The number of benzene rings is 1. The SMILES string of the molecule is CCc1nc2ccc(B3OC(C)(C)C(C)(C)O3)cc2o1. The number of hydrogen-bond donors (Lipinski definition) is 0. The van der Waals surface area contributed by atoms with Crippen LogP contribution in [0.4, 0.5) is 0 Å². The highest BCUT2D eigenvalue weighted by Gasteiger charge is 2.51. The van der Waals surface area contributed by atoms with E-state index >= 15 is 0 Å². The van der Waals surface area contributed by atoms with Crippen molar-refractivity contribution in [2.75, 3.05) is 0 Å². The first-order chi connectivity index (χ1) is 9.32. The number of nitrogens with zero attached hydrogens (tertiary/aromatic N) is 1. The van der Waals surface area contributed by atoms with Crippen LogP contribution in [0.15, 0.2) is 22.6 Å². The third-order valence-electron chi connectivity index (χ3n) is 4.28. The molecule has 0 spiro atoms. The van der Waals surface area contributed by atoms with Gasteiger partial charge in [0, 0.05) is 6.42 Å².